The fourth-order valence-electron chi connectivity index (χ4n) is 15.0. The van der Waals surface area contributed by atoms with Crippen LogP contribution in [0, 0.1) is 0 Å². The number of nitrogens with one attached hydrogen (secondary N) is 6. The predicted octanol–water partition coefficient (Wildman–Crippen LogP) is 9.00. The van der Waals surface area contributed by atoms with E-state index in [1.807, 2.05) is 0 Å². The molecule has 9 N–H and O–H groups in total. The highest BCUT2D eigenvalue weighted by molar-refractivity contribution is 7.99. The summed E-state index contributed by atoms with van der Waals surface area (Å²) in [5.74, 6) is -3.95. The van der Waals surface area contributed by atoms with Gasteiger partial charge in [-0.3, -0.25) is 33.6 Å². The lowest BCUT2D eigenvalue weighted by Crippen LogP contribution is -3.00. The lowest BCUT2D eigenvalue weighted by atomic mass is 9.79. The molecule has 682 valence electrons. The maximum absolute atomic E-state index is 13.5. The molecule has 0 bridgehead atoms. The van der Waals surface area contributed by atoms with Crippen LogP contribution in [-0.4, -0.2) is 245 Å². The summed E-state index contributed by atoms with van der Waals surface area (Å²) in [4.78, 5) is 92.5. The summed E-state index contributed by atoms with van der Waals surface area (Å²) in [5, 5.41) is 26.3. The van der Waals surface area contributed by atoms with Crippen molar-refractivity contribution in [3.63, 3.8) is 0 Å². The van der Waals surface area contributed by atoms with Gasteiger partial charge in [0, 0.05) is 117 Å². The third-order valence-electron chi connectivity index (χ3n) is 21.5. The number of amides is 5. The number of rotatable bonds is 69. The molecule has 1 aliphatic carbocycles. The number of esters is 1. The second-order valence-electron chi connectivity index (χ2n) is 31.9. The number of hydrogen-bond donors (Lipinski definition) is 8. The van der Waals surface area contributed by atoms with Crippen LogP contribution >= 0.6 is 11.8 Å². The average Bonchev–Trinajstić information content (AvgIpc) is 1.60. The number of benzene rings is 3. The number of ketones is 1. The number of carbonyl (C=O) groups is 7. The van der Waals surface area contributed by atoms with Gasteiger partial charge in [0.05, 0.1) is 71.4 Å². The second-order valence-corrected chi connectivity index (χ2v) is 33.0. The molecule has 2 heterocycles. The SMILES string of the molecule is CCCCCCCCCCCCCCCC(=O)OCCSC[C@H](NC(=O)COCC(=O)NCCCOCCOCCOCCCNc1ccc(C2=C(C=CC3=[N+](CCC)c4ccccc4C3(C)C)CCCC2=CC=C2N(CC)c3ccccc3C2(C)C)cc1)C(=O)NCC(=O)N[C@H](CO)C(=O)COCC(=O)NCCCOCCOCCOCCCN.[I-]. The minimum Gasteiger partial charge on any atom is -1.00 e. The third kappa shape index (κ3) is 39.7. The molecule has 0 radical (unpaired) electrons. The smallest absolute Gasteiger partial charge is 0.305 e. The van der Waals surface area contributed by atoms with Crippen molar-refractivity contribution in [2.24, 2.45) is 5.73 Å². The van der Waals surface area contributed by atoms with Crippen molar-refractivity contribution in [1.82, 2.24) is 26.6 Å². The van der Waals surface area contributed by atoms with Gasteiger partial charge in [0.15, 0.2) is 11.5 Å². The monoisotopic (exact) mass is 1830 g/mol. The van der Waals surface area contributed by atoms with Crippen molar-refractivity contribution in [3.8, 4) is 0 Å². The second kappa shape index (κ2) is 63.1. The number of aliphatic hydroxyl groups excluding tert-OH is 1. The number of hydrogen-bond acceptors (Lipinski definition) is 21. The number of para-hydroxylation sites is 2. The molecule has 0 spiro atoms. The Morgan fingerprint density at radius 2 is 1.08 bits per heavy atom. The highest BCUT2D eigenvalue weighted by Gasteiger charge is 2.44. The molecule has 0 saturated heterocycles. The Morgan fingerprint density at radius 1 is 0.541 bits per heavy atom. The first-order chi connectivity index (χ1) is 58.9. The van der Waals surface area contributed by atoms with E-state index in [9.17, 15) is 38.7 Å². The molecule has 5 amide bonds. The molecule has 3 aromatic rings. The molecule has 0 fully saturated rings. The Balaban J connectivity index is 0.0000265. The highest BCUT2D eigenvalue weighted by Crippen LogP contribution is 2.48. The van der Waals surface area contributed by atoms with E-state index < -0.39 is 87.0 Å². The first-order valence-electron chi connectivity index (χ1n) is 44.8. The maximum Gasteiger partial charge on any atom is 0.305 e. The summed E-state index contributed by atoms with van der Waals surface area (Å²) in [6.45, 7) is 21.8. The van der Waals surface area contributed by atoms with Gasteiger partial charge in [-0.2, -0.15) is 16.3 Å². The normalized spacial score (nSPS) is 15.1. The standard InChI is InChI=1S/C94H145N9O17S.HI/c1-8-11-12-13-14-15-16-17-18-19-20-21-22-38-90(110)120-64-65-121-72-80(92(111)99-66-86(106)100-79(67-104)83(105)68-118-69-87(107)97-49-30-54-114-58-62-116-60-56-112-52-28-47-95)101-89(109)71-119-70-88(108)98-50-31-55-115-59-63-117-61-57-113-53-29-48-96-76-43-39-75(40-44-76)91-73(41-45-84-93(4,5)77-34-23-25-36-81(77)102(84)10-3)32-27-33-74(91)42-46-85-94(6,7)78-35-24-26-37-82(78)103(85)51-9-2;/h23-26,34-37,39-46,79-80,104H,8-22,27-33,38,47-72,95H2,1-7H3,(H5,97,98,99,100,101,106,107,108,109,111);1H/t79-,80+;/m1./s1. The van der Waals surface area contributed by atoms with Gasteiger partial charge in [-0.15, -0.1) is 0 Å². The fourth-order valence-corrected chi connectivity index (χ4v) is 15.8. The van der Waals surface area contributed by atoms with E-state index in [4.69, 9.17) is 48.4 Å². The van der Waals surface area contributed by atoms with Gasteiger partial charge in [-0.05, 0) is 131 Å². The van der Waals surface area contributed by atoms with Crippen LogP contribution in [0.4, 0.5) is 17.1 Å². The summed E-state index contributed by atoms with van der Waals surface area (Å²) in [5.41, 5.74) is 19.5. The molecule has 6 rings (SSSR count). The summed E-state index contributed by atoms with van der Waals surface area (Å²) in [7, 11) is 0. The Kier molecular flexibility index (Phi) is 54.6. The Morgan fingerprint density at radius 3 is 1.67 bits per heavy atom. The van der Waals surface area contributed by atoms with Gasteiger partial charge in [-0.1, -0.05) is 165 Å². The molecule has 28 heteroatoms. The summed E-state index contributed by atoms with van der Waals surface area (Å²) in [6, 6.07) is 24.0. The van der Waals surface area contributed by atoms with Crippen LogP contribution in [-0.2, 0) is 87.0 Å². The molecule has 3 aliphatic rings. The van der Waals surface area contributed by atoms with Gasteiger partial charge in [0.1, 0.15) is 51.7 Å². The van der Waals surface area contributed by atoms with Crippen LogP contribution in [0.3, 0.4) is 0 Å². The van der Waals surface area contributed by atoms with Crippen molar-refractivity contribution >= 4 is 81.4 Å². The lowest BCUT2D eigenvalue weighted by Gasteiger charge is -2.27. The number of Topliss-reactive ketones (excluding diaryl/α,β-unsaturated/α-hetero) is 1. The van der Waals surface area contributed by atoms with Crippen LogP contribution in [0.1, 0.15) is 206 Å². The predicted molar refractivity (Wildman–Crippen MR) is 481 cm³/mol. The first kappa shape index (κ1) is 106. The summed E-state index contributed by atoms with van der Waals surface area (Å²) in [6.07, 6.45) is 32.3. The van der Waals surface area contributed by atoms with E-state index in [0.29, 0.717) is 124 Å². The van der Waals surface area contributed by atoms with Gasteiger partial charge in [0.25, 0.3) is 0 Å². The number of thioether (sulfide) groups is 1. The molecule has 3 aromatic carbocycles. The number of nitrogens with two attached hydrogens (primary N) is 1. The van der Waals surface area contributed by atoms with Gasteiger partial charge >= 0.3 is 5.97 Å². The highest BCUT2D eigenvalue weighted by atomic mass is 127. The fraction of sp³-hybridized carbons (Fsp3) is 0.638. The van der Waals surface area contributed by atoms with E-state index in [2.05, 4.69) is 187 Å². The third-order valence-corrected chi connectivity index (χ3v) is 22.5. The number of likely N-dealkylation sites (N-methyl/N-ethyl adjacent to an activating group) is 1. The Bertz CT molecular complexity index is 3720. The summed E-state index contributed by atoms with van der Waals surface area (Å²) < 4.78 is 52.3. The zero-order chi connectivity index (χ0) is 87.0. The van der Waals surface area contributed by atoms with E-state index in [1.165, 1.54) is 126 Å². The minimum absolute atomic E-state index is 0. The largest absolute Gasteiger partial charge is 1.00 e. The van der Waals surface area contributed by atoms with Gasteiger partial charge in [0.2, 0.25) is 35.2 Å². The van der Waals surface area contributed by atoms with Gasteiger partial charge < -0.3 is 114 Å². The summed E-state index contributed by atoms with van der Waals surface area (Å²) >= 11 is 1.23. The Labute approximate surface area is 748 Å². The number of aliphatic hydroxyl groups is 1. The molecule has 0 aromatic heterocycles. The zero-order valence-electron chi connectivity index (χ0n) is 74.3. The van der Waals surface area contributed by atoms with Crippen LogP contribution in [0.15, 0.2) is 114 Å². The number of fused-ring (bicyclic) bond motifs is 2. The van der Waals surface area contributed by atoms with Crippen molar-refractivity contribution in [2.45, 2.75) is 213 Å². The van der Waals surface area contributed by atoms with Crippen molar-refractivity contribution in [2.75, 3.05) is 186 Å². The number of halogens is 1. The molecule has 2 aliphatic heterocycles. The minimum atomic E-state index is -1.41. The van der Waals surface area contributed by atoms with E-state index in [1.54, 1.807) is 0 Å². The maximum atomic E-state index is 13.5. The van der Waals surface area contributed by atoms with Crippen LogP contribution < -0.4 is 66.5 Å². The first-order valence-corrected chi connectivity index (χ1v) is 45.9. The zero-order valence-corrected chi connectivity index (χ0v) is 77.3. The molecule has 122 heavy (non-hydrogen) atoms. The molecule has 2 atom stereocenters. The molecule has 26 nitrogen and oxygen atoms in total. The average molecular weight is 1830 g/mol. The quantitative estimate of drug-likeness (QED) is 0.0113. The molecular formula is C94H146IN9O17S. The topological polar surface area (TPSA) is 327 Å². The molecule has 0 unspecified atom stereocenters. The lowest BCUT2D eigenvalue weighted by molar-refractivity contribution is -0.437. The number of anilines is 2. The van der Waals surface area contributed by atoms with E-state index in [0.717, 1.165) is 89.5 Å². The van der Waals surface area contributed by atoms with Crippen LogP contribution in [0.25, 0.3) is 5.57 Å². The van der Waals surface area contributed by atoms with Crippen LogP contribution in [0.5, 0.6) is 0 Å². The Hall–Kier alpha value is -6.94. The van der Waals surface area contributed by atoms with Crippen molar-refractivity contribution in [3.05, 3.63) is 131 Å². The number of nitrogens with zero attached hydrogens (tertiary/aromatic N) is 2. The number of carbonyl (C=O) groups excluding carboxylic acids is 7. The van der Waals surface area contributed by atoms with Gasteiger partial charge in [-0.25, -0.2) is 0 Å². The number of allylic oxidation sites excluding steroid dienone is 8. The van der Waals surface area contributed by atoms with E-state index in [-0.39, 0.29) is 53.1 Å². The van der Waals surface area contributed by atoms with Crippen molar-refractivity contribution in [1.29, 1.82) is 0 Å². The molecule has 0 saturated carbocycles. The number of ether oxygens (including phenoxy) is 9. The molecular weight excluding hydrogens is 1690 g/mol. The van der Waals surface area contributed by atoms with Crippen molar-refractivity contribution < 1.29 is 110 Å². The number of unbranched alkanes of at least 4 members (excludes halogenated alkanes) is 12. The van der Waals surface area contributed by atoms with E-state index >= 15 is 0 Å². The van der Waals surface area contributed by atoms with Crippen LogP contribution in [0.2, 0.25) is 0 Å².